The fourth-order valence-electron chi connectivity index (χ4n) is 1.69. The molecule has 4 heteroatoms. The van der Waals surface area contributed by atoms with E-state index in [-0.39, 0.29) is 0 Å². The van der Waals surface area contributed by atoms with Crippen LogP contribution in [0.2, 0.25) is 5.02 Å². The minimum Gasteiger partial charge on any atom is -0.379 e. The third-order valence-corrected chi connectivity index (χ3v) is 3.96. The Bertz CT molecular complexity index is 534. The standard InChI is InChI=1S/C13H15ClN2S/c1-8-4-5-11(14)12(6-8)15-7-13-9(2)16-10(3)17-13/h4-6,15H,7H2,1-3H3. The summed E-state index contributed by atoms with van der Waals surface area (Å²) in [7, 11) is 0. The molecule has 0 aliphatic heterocycles. The summed E-state index contributed by atoms with van der Waals surface area (Å²) in [6.07, 6.45) is 0. The minimum absolute atomic E-state index is 0.759. The Labute approximate surface area is 111 Å². The van der Waals surface area contributed by atoms with Gasteiger partial charge in [-0.3, -0.25) is 0 Å². The Morgan fingerprint density at radius 3 is 2.71 bits per heavy atom. The predicted octanol–water partition coefficient (Wildman–Crippen LogP) is 4.33. The lowest BCUT2D eigenvalue weighted by atomic mass is 10.2. The van der Waals surface area contributed by atoms with Crippen LogP contribution in [0.5, 0.6) is 0 Å². The van der Waals surface area contributed by atoms with Crippen LogP contribution >= 0.6 is 22.9 Å². The van der Waals surface area contributed by atoms with E-state index in [1.54, 1.807) is 11.3 Å². The van der Waals surface area contributed by atoms with E-state index in [2.05, 4.69) is 23.3 Å². The Morgan fingerprint density at radius 2 is 2.06 bits per heavy atom. The van der Waals surface area contributed by atoms with Crippen molar-refractivity contribution >= 4 is 28.6 Å². The molecule has 2 rings (SSSR count). The van der Waals surface area contributed by atoms with Gasteiger partial charge in [0, 0.05) is 4.88 Å². The lowest BCUT2D eigenvalue weighted by Gasteiger charge is -2.08. The fourth-order valence-corrected chi connectivity index (χ4v) is 2.75. The summed E-state index contributed by atoms with van der Waals surface area (Å²) in [6, 6.07) is 5.99. The third kappa shape index (κ3) is 2.99. The first-order valence-electron chi connectivity index (χ1n) is 5.49. The highest BCUT2D eigenvalue weighted by Crippen LogP contribution is 2.25. The van der Waals surface area contributed by atoms with Crippen LogP contribution in [-0.4, -0.2) is 4.98 Å². The van der Waals surface area contributed by atoms with Crippen LogP contribution in [-0.2, 0) is 6.54 Å². The molecule has 2 nitrogen and oxygen atoms in total. The number of aromatic nitrogens is 1. The van der Waals surface area contributed by atoms with E-state index in [9.17, 15) is 0 Å². The van der Waals surface area contributed by atoms with Crippen molar-refractivity contribution in [3.8, 4) is 0 Å². The monoisotopic (exact) mass is 266 g/mol. The molecule has 90 valence electrons. The van der Waals surface area contributed by atoms with Crippen LogP contribution in [0.3, 0.4) is 0 Å². The molecule has 1 N–H and O–H groups in total. The molecule has 17 heavy (non-hydrogen) atoms. The molecule has 0 fully saturated rings. The average Bonchev–Trinajstić information content (AvgIpc) is 2.59. The molecule has 0 saturated heterocycles. The van der Waals surface area contributed by atoms with E-state index < -0.39 is 0 Å². The third-order valence-electron chi connectivity index (χ3n) is 2.56. The molecular weight excluding hydrogens is 252 g/mol. The van der Waals surface area contributed by atoms with Gasteiger partial charge in [0.05, 0.1) is 28.0 Å². The van der Waals surface area contributed by atoms with Crippen molar-refractivity contribution in [2.45, 2.75) is 27.3 Å². The van der Waals surface area contributed by atoms with Gasteiger partial charge in [-0.05, 0) is 38.5 Å². The first-order valence-corrected chi connectivity index (χ1v) is 6.68. The van der Waals surface area contributed by atoms with Crippen molar-refractivity contribution in [1.29, 1.82) is 0 Å². The van der Waals surface area contributed by atoms with Gasteiger partial charge in [0.25, 0.3) is 0 Å². The highest BCUT2D eigenvalue weighted by atomic mass is 35.5. The molecule has 0 amide bonds. The highest BCUT2D eigenvalue weighted by molar-refractivity contribution is 7.11. The quantitative estimate of drug-likeness (QED) is 0.894. The van der Waals surface area contributed by atoms with Crippen molar-refractivity contribution in [2.24, 2.45) is 0 Å². The second kappa shape index (κ2) is 5.07. The first kappa shape index (κ1) is 12.4. The lowest BCUT2D eigenvalue weighted by molar-refractivity contribution is 1.11. The Kier molecular flexibility index (Phi) is 3.69. The number of nitrogens with zero attached hydrogens (tertiary/aromatic N) is 1. The highest BCUT2D eigenvalue weighted by Gasteiger charge is 2.05. The molecule has 0 spiro atoms. The topological polar surface area (TPSA) is 24.9 Å². The van der Waals surface area contributed by atoms with Crippen LogP contribution in [0.4, 0.5) is 5.69 Å². The molecule has 0 bridgehead atoms. The van der Waals surface area contributed by atoms with Gasteiger partial charge in [0.15, 0.2) is 0 Å². The van der Waals surface area contributed by atoms with E-state index in [0.29, 0.717) is 0 Å². The molecule has 0 saturated carbocycles. The summed E-state index contributed by atoms with van der Waals surface area (Å²) in [6.45, 7) is 6.91. The van der Waals surface area contributed by atoms with Crippen molar-refractivity contribution < 1.29 is 0 Å². The maximum atomic E-state index is 6.13. The normalized spacial score (nSPS) is 10.6. The molecule has 1 aromatic carbocycles. The molecule has 1 aromatic heterocycles. The van der Waals surface area contributed by atoms with Gasteiger partial charge in [0.2, 0.25) is 0 Å². The van der Waals surface area contributed by atoms with Gasteiger partial charge in [-0.25, -0.2) is 4.98 Å². The number of halogens is 1. The summed E-state index contributed by atoms with van der Waals surface area (Å²) < 4.78 is 0. The molecule has 0 aliphatic carbocycles. The lowest BCUT2D eigenvalue weighted by Crippen LogP contribution is -1.99. The number of thiazole rings is 1. The molecule has 0 aliphatic rings. The van der Waals surface area contributed by atoms with Crippen LogP contribution < -0.4 is 5.32 Å². The van der Waals surface area contributed by atoms with Gasteiger partial charge >= 0.3 is 0 Å². The minimum atomic E-state index is 0.759. The number of nitrogens with one attached hydrogen (secondary N) is 1. The van der Waals surface area contributed by atoms with Crippen LogP contribution in [0, 0.1) is 20.8 Å². The maximum absolute atomic E-state index is 6.13. The van der Waals surface area contributed by atoms with Gasteiger partial charge in [-0.15, -0.1) is 11.3 Å². The van der Waals surface area contributed by atoms with E-state index in [0.717, 1.165) is 28.0 Å². The van der Waals surface area contributed by atoms with E-state index in [1.807, 2.05) is 26.0 Å². The summed E-state index contributed by atoms with van der Waals surface area (Å²) in [5, 5.41) is 5.23. The van der Waals surface area contributed by atoms with Crippen LogP contribution in [0.1, 0.15) is 21.1 Å². The molecule has 0 atom stereocenters. The molecular formula is C13H15ClN2S. The number of rotatable bonds is 3. The number of anilines is 1. The summed E-state index contributed by atoms with van der Waals surface area (Å²) >= 11 is 7.86. The summed E-state index contributed by atoms with van der Waals surface area (Å²) in [5.74, 6) is 0. The van der Waals surface area contributed by atoms with Crippen molar-refractivity contribution in [2.75, 3.05) is 5.32 Å². The number of benzene rings is 1. The van der Waals surface area contributed by atoms with Crippen LogP contribution in [0.25, 0.3) is 0 Å². The zero-order valence-electron chi connectivity index (χ0n) is 10.2. The van der Waals surface area contributed by atoms with Gasteiger partial charge in [-0.1, -0.05) is 17.7 Å². The fraction of sp³-hybridized carbons (Fsp3) is 0.308. The van der Waals surface area contributed by atoms with Gasteiger partial charge in [0.1, 0.15) is 0 Å². The summed E-state index contributed by atoms with van der Waals surface area (Å²) in [5.41, 5.74) is 3.29. The Balaban J connectivity index is 2.12. The second-order valence-corrected chi connectivity index (χ2v) is 5.77. The first-order chi connectivity index (χ1) is 8.06. The molecule has 2 aromatic rings. The maximum Gasteiger partial charge on any atom is 0.0900 e. The summed E-state index contributed by atoms with van der Waals surface area (Å²) in [4.78, 5) is 5.67. The molecule has 0 radical (unpaired) electrons. The number of aryl methyl sites for hydroxylation is 3. The molecule has 1 heterocycles. The SMILES string of the molecule is Cc1ccc(Cl)c(NCc2sc(C)nc2C)c1. The zero-order valence-corrected chi connectivity index (χ0v) is 11.7. The second-order valence-electron chi connectivity index (χ2n) is 4.08. The van der Waals surface area contributed by atoms with Crippen molar-refractivity contribution in [3.63, 3.8) is 0 Å². The van der Waals surface area contributed by atoms with E-state index in [4.69, 9.17) is 11.6 Å². The van der Waals surface area contributed by atoms with E-state index >= 15 is 0 Å². The Morgan fingerprint density at radius 1 is 1.29 bits per heavy atom. The molecule has 0 unspecified atom stereocenters. The van der Waals surface area contributed by atoms with Gasteiger partial charge < -0.3 is 5.32 Å². The Hall–Kier alpha value is -1.06. The smallest absolute Gasteiger partial charge is 0.0900 e. The van der Waals surface area contributed by atoms with Crippen molar-refractivity contribution in [3.05, 3.63) is 44.4 Å². The largest absolute Gasteiger partial charge is 0.379 e. The predicted molar refractivity (Wildman–Crippen MR) is 75.1 cm³/mol. The van der Waals surface area contributed by atoms with Crippen LogP contribution in [0.15, 0.2) is 18.2 Å². The van der Waals surface area contributed by atoms with Gasteiger partial charge in [-0.2, -0.15) is 0 Å². The van der Waals surface area contributed by atoms with E-state index in [1.165, 1.54) is 10.4 Å². The number of hydrogen-bond acceptors (Lipinski definition) is 3. The number of hydrogen-bond donors (Lipinski definition) is 1. The van der Waals surface area contributed by atoms with Crippen molar-refractivity contribution in [1.82, 2.24) is 4.98 Å². The zero-order chi connectivity index (χ0) is 12.4. The average molecular weight is 267 g/mol.